The lowest BCUT2D eigenvalue weighted by atomic mass is 9.43. The molecule has 286 valence electrons. The molecule has 0 aromatic heterocycles. The first-order valence-electron chi connectivity index (χ1n) is 22.3. The number of benzene rings is 9. The zero-order valence-corrected chi connectivity index (χ0v) is 33.8. The van der Waals surface area contributed by atoms with Gasteiger partial charge in [-0.1, -0.05) is 188 Å². The fraction of sp³-hybridized carbons (Fsp3) is 0.167. The van der Waals surface area contributed by atoms with Crippen molar-refractivity contribution in [2.75, 3.05) is 0 Å². The van der Waals surface area contributed by atoms with E-state index in [4.69, 9.17) is 0 Å². The number of fused-ring (bicyclic) bond motifs is 5. The zero-order valence-electron chi connectivity index (χ0n) is 33.8. The first-order valence-corrected chi connectivity index (χ1v) is 22.3. The molecule has 4 saturated carbocycles. The lowest BCUT2D eigenvalue weighted by molar-refractivity contribution is -0.0399. The van der Waals surface area contributed by atoms with Crippen molar-refractivity contribution >= 4 is 21.5 Å². The molecule has 0 heterocycles. The molecule has 0 aliphatic heterocycles. The summed E-state index contributed by atoms with van der Waals surface area (Å²) in [6, 6.07) is 73.2. The Morgan fingerprint density at radius 3 is 1.15 bits per heavy atom. The van der Waals surface area contributed by atoms with Crippen LogP contribution in [0.1, 0.15) is 43.2 Å². The van der Waals surface area contributed by atoms with Gasteiger partial charge in [-0.15, -0.1) is 0 Å². The van der Waals surface area contributed by atoms with Gasteiger partial charge in [0.2, 0.25) is 0 Å². The van der Waals surface area contributed by atoms with Crippen LogP contribution < -0.4 is 0 Å². The summed E-state index contributed by atoms with van der Waals surface area (Å²) in [4.78, 5) is 0. The first-order chi connectivity index (χ1) is 29.7. The Bertz CT molecular complexity index is 3030. The predicted molar refractivity (Wildman–Crippen MR) is 252 cm³/mol. The van der Waals surface area contributed by atoms with Crippen LogP contribution in [0.4, 0.5) is 0 Å². The Kier molecular flexibility index (Phi) is 7.59. The third-order valence-corrected chi connectivity index (χ3v) is 15.5. The van der Waals surface area contributed by atoms with Crippen molar-refractivity contribution in [1.29, 1.82) is 0 Å². The highest BCUT2D eigenvalue weighted by Crippen LogP contribution is 2.69. The third-order valence-electron chi connectivity index (χ3n) is 15.5. The van der Waals surface area contributed by atoms with E-state index in [0.29, 0.717) is 0 Å². The van der Waals surface area contributed by atoms with Gasteiger partial charge in [-0.05, 0) is 161 Å². The summed E-state index contributed by atoms with van der Waals surface area (Å²) in [5, 5.41) is 5.12. The molecule has 0 nitrogen and oxygen atoms in total. The van der Waals surface area contributed by atoms with Gasteiger partial charge in [0.05, 0.1) is 0 Å². The molecule has 9 aromatic rings. The SMILES string of the molecule is c1ccc(-c2ccc(-c3c4ccccc4c(-c4ccc(-c5ccc(-c6ccc7c(c6)C6(c8ccccc8-7)C7CC8CC(C7)CC6C8)cc5)cc4)c4ccccc34)cc2)cc1. The normalized spacial score (nSPS) is 22.1. The van der Waals surface area contributed by atoms with Crippen molar-refractivity contribution in [3.8, 4) is 66.8 Å². The molecule has 0 heteroatoms. The Labute approximate surface area is 353 Å². The van der Waals surface area contributed by atoms with Crippen LogP contribution >= 0.6 is 0 Å². The molecule has 14 rings (SSSR count). The van der Waals surface area contributed by atoms with E-state index >= 15 is 0 Å². The monoisotopic (exact) mass is 766 g/mol. The van der Waals surface area contributed by atoms with Crippen LogP contribution in [0.15, 0.2) is 194 Å². The summed E-state index contributed by atoms with van der Waals surface area (Å²) in [5.74, 6) is 3.46. The van der Waals surface area contributed by atoms with Crippen LogP contribution in [0.3, 0.4) is 0 Å². The number of hydrogen-bond acceptors (Lipinski definition) is 0. The van der Waals surface area contributed by atoms with E-state index in [9.17, 15) is 0 Å². The van der Waals surface area contributed by atoms with Crippen LogP contribution in [-0.2, 0) is 5.41 Å². The van der Waals surface area contributed by atoms with Gasteiger partial charge < -0.3 is 0 Å². The minimum atomic E-state index is 0.197. The van der Waals surface area contributed by atoms with E-state index in [-0.39, 0.29) is 5.41 Å². The van der Waals surface area contributed by atoms with E-state index in [2.05, 4.69) is 194 Å². The second-order valence-corrected chi connectivity index (χ2v) is 18.4. The van der Waals surface area contributed by atoms with Crippen molar-refractivity contribution in [2.24, 2.45) is 23.7 Å². The van der Waals surface area contributed by atoms with E-state index in [1.807, 2.05) is 0 Å². The van der Waals surface area contributed by atoms with Crippen LogP contribution in [0.25, 0.3) is 88.3 Å². The highest BCUT2D eigenvalue weighted by atomic mass is 14.6. The maximum Gasteiger partial charge on any atom is 0.0272 e. The van der Waals surface area contributed by atoms with Crippen molar-refractivity contribution < 1.29 is 0 Å². The average Bonchev–Trinajstić information content (AvgIpc) is 3.60. The largest absolute Gasteiger partial charge is 0.0622 e. The molecular formula is C60H46. The van der Waals surface area contributed by atoms with E-state index in [1.54, 1.807) is 11.1 Å². The van der Waals surface area contributed by atoms with E-state index in [1.165, 1.54) is 120 Å². The molecule has 0 saturated heterocycles. The molecule has 0 radical (unpaired) electrons. The smallest absolute Gasteiger partial charge is 0.0272 e. The minimum Gasteiger partial charge on any atom is -0.0622 e. The molecule has 5 aliphatic rings. The van der Waals surface area contributed by atoms with Gasteiger partial charge in [0.15, 0.2) is 0 Å². The molecule has 4 fully saturated rings. The minimum absolute atomic E-state index is 0.197. The molecule has 9 aromatic carbocycles. The summed E-state index contributed by atoms with van der Waals surface area (Å²) < 4.78 is 0. The highest BCUT2D eigenvalue weighted by molar-refractivity contribution is 6.21. The summed E-state index contributed by atoms with van der Waals surface area (Å²) in [6.45, 7) is 0. The highest BCUT2D eigenvalue weighted by Gasteiger charge is 2.61. The molecular weight excluding hydrogens is 721 g/mol. The van der Waals surface area contributed by atoms with Gasteiger partial charge in [-0.25, -0.2) is 0 Å². The van der Waals surface area contributed by atoms with Gasteiger partial charge in [-0.2, -0.15) is 0 Å². The fourth-order valence-corrected chi connectivity index (χ4v) is 13.2. The molecule has 4 bridgehead atoms. The number of rotatable bonds is 5. The fourth-order valence-electron chi connectivity index (χ4n) is 13.2. The van der Waals surface area contributed by atoms with Crippen molar-refractivity contribution in [3.63, 3.8) is 0 Å². The van der Waals surface area contributed by atoms with Crippen LogP contribution in [0.2, 0.25) is 0 Å². The number of hydrogen-bond donors (Lipinski definition) is 0. The molecule has 5 aliphatic carbocycles. The maximum absolute atomic E-state index is 2.61. The quantitative estimate of drug-likeness (QED) is 0.153. The predicted octanol–water partition coefficient (Wildman–Crippen LogP) is 16.1. The third kappa shape index (κ3) is 5.04. The summed E-state index contributed by atoms with van der Waals surface area (Å²) in [6.07, 6.45) is 7.15. The second-order valence-electron chi connectivity index (χ2n) is 18.4. The summed E-state index contributed by atoms with van der Waals surface area (Å²) >= 11 is 0. The Morgan fingerprint density at radius 2 is 0.650 bits per heavy atom. The Morgan fingerprint density at radius 1 is 0.283 bits per heavy atom. The van der Waals surface area contributed by atoms with Crippen LogP contribution in [0, 0.1) is 23.7 Å². The van der Waals surface area contributed by atoms with Gasteiger partial charge >= 0.3 is 0 Å². The Hall–Kier alpha value is -6.50. The standard InChI is InChI=1S/C60H46/c1-2-10-40(11-3-1)41-22-26-45(27-23-41)58-52-13-4-6-15-54(52)59(55-16-7-5-14-53(55)58)46-28-24-43(25-29-46)42-18-20-44(21-19-42)47-30-31-51-50-12-8-9-17-56(50)60(57(51)37-47)48-33-38-32-39(35-48)36-49(60)34-38/h1-31,37-39,48-49H,32-36H2. The van der Waals surface area contributed by atoms with Crippen molar-refractivity contribution in [2.45, 2.75) is 37.5 Å². The first kappa shape index (κ1) is 34.4. The van der Waals surface area contributed by atoms with E-state index in [0.717, 1.165) is 23.7 Å². The van der Waals surface area contributed by atoms with Gasteiger partial charge in [-0.3, -0.25) is 0 Å². The van der Waals surface area contributed by atoms with Gasteiger partial charge in [0, 0.05) is 5.41 Å². The van der Waals surface area contributed by atoms with Crippen molar-refractivity contribution in [1.82, 2.24) is 0 Å². The molecule has 0 unspecified atom stereocenters. The lowest BCUT2D eigenvalue weighted by Gasteiger charge is -2.61. The summed E-state index contributed by atoms with van der Waals surface area (Å²) in [7, 11) is 0. The van der Waals surface area contributed by atoms with Crippen molar-refractivity contribution in [3.05, 3.63) is 205 Å². The topological polar surface area (TPSA) is 0 Å². The average molecular weight is 767 g/mol. The molecule has 1 spiro atoms. The molecule has 0 amide bonds. The van der Waals surface area contributed by atoms with Gasteiger partial charge in [0.1, 0.15) is 0 Å². The molecule has 60 heavy (non-hydrogen) atoms. The maximum atomic E-state index is 2.61. The van der Waals surface area contributed by atoms with Crippen LogP contribution in [-0.4, -0.2) is 0 Å². The Balaban J connectivity index is 0.841. The molecule has 0 N–H and O–H groups in total. The van der Waals surface area contributed by atoms with E-state index < -0.39 is 0 Å². The molecule has 0 atom stereocenters. The zero-order chi connectivity index (χ0) is 39.4. The second kappa shape index (κ2) is 13.3. The van der Waals surface area contributed by atoms with Gasteiger partial charge in [0.25, 0.3) is 0 Å². The van der Waals surface area contributed by atoms with Crippen LogP contribution in [0.5, 0.6) is 0 Å². The summed E-state index contributed by atoms with van der Waals surface area (Å²) in [5.41, 5.74) is 19.1. The lowest BCUT2D eigenvalue weighted by Crippen LogP contribution is -2.55.